The van der Waals surface area contributed by atoms with Crippen molar-refractivity contribution in [3.05, 3.63) is 39.9 Å². The molecule has 0 aliphatic carbocycles. The molecule has 1 fully saturated rings. The molecule has 1 aliphatic rings. The average molecular weight is 312 g/mol. The van der Waals surface area contributed by atoms with E-state index in [9.17, 15) is 23.3 Å². The van der Waals surface area contributed by atoms with Crippen LogP contribution in [0.15, 0.2) is 24.3 Å². The highest BCUT2D eigenvalue weighted by Crippen LogP contribution is 2.24. The standard InChI is InChI=1S/C13H16N2O5S/c1-10-8-14(7-6-13(10)16)21(19,20)9-11-4-2-3-5-12(11)15(17)18/h2-5,10H,6-9H2,1H3. The lowest BCUT2D eigenvalue weighted by atomic mass is 10.0. The second-order valence-corrected chi connectivity index (χ2v) is 7.09. The molecular formula is C13H16N2O5S. The Bertz CT molecular complexity index is 671. The van der Waals surface area contributed by atoms with Gasteiger partial charge in [-0.15, -0.1) is 0 Å². The fourth-order valence-corrected chi connectivity index (χ4v) is 3.97. The van der Waals surface area contributed by atoms with Crippen molar-refractivity contribution in [1.82, 2.24) is 4.31 Å². The number of carbonyl (C=O) groups is 1. The molecule has 1 unspecified atom stereocenters. The number of hydrogen-bond donors (Lipinski definition) is 0. The van der Waals surface area contributed by atoms with Gasteiger partial charge in [-0.05, 0) is 0 Å². The van der Waals surface area contributed by atoms with Gasteiger partial charge in [-0.1, -0.05) is 25.1 Å². The number of carbonyl (C=O) groups excluding carboxylic acids is 1. The molecule has 0 bridgehead atoms. The Morgan fingerprint density at radius 2 is 2.05 bits per heavy atom. The number of rotatable bonds is 4. The largest absolute Gasteiger partial charge is 0.299 e. The van der Waals surface area contributed by atoms with Crippen LogP contribution in [0, 0.1) is 16.0 Å². The first-order chi connectivity index (χ1) is 9.81. The van der Waals surface area contributed by atoms with E-state index in [1.165, 1.54) is 22.5 Å². The van der Waals surface area contributed by atoms with E-state index in [0.717, 1.165) is 0 Å². The van der Waals surface area contributed by atoms with Gasteiger partial charge in [0.1, 0.15) is 5.78 Å². The lowest BCUT2D eigenvalue weighted by molar-refractivity contribution is -0.385. The summed E-state index contributed by atoms with van der Waals surface area (Å²) < 4.78 is 26.0. The molecule has 1 saturated heterocycles. The van der Waals surface area contributed by atoms with E-state index in [-0.39, 0.29) is 42.5 Å². The Morgan fingerprint density at radius 3 is 2.67 bits per heavy atom. The topological polar surface area (TPSA) is 97.6 Å². The normalized spacial score (nSPS) is 20.4. The van der Waals surface area contributed by atoms with Gasteiger partial charge in [0.05, 0.1) is 10.7 Å². The summed E-state index contributed by atoms with van der Waals surface area (Å²) in [7, 11) is -3.67. The van der Waals surface area contributed by atoms with Crippen LogP contribution in [0.1, 0.15) is 18.9 Å². The zero-order chi connectivity index (χ0) is 15.6. The molecule has 0 N–H and O–H groups in total. The van der Waals surface area contributed by atoms with Gasteiger partial charge in [-0.3, -0.25) is 14.9 Å². The van der Waals surface area contributed by atoms with Gasteiger partial charge in [0.15, 0.2) is 0 Å². The summed E-state index contributed by atoms with van der Waals surface area (Å²) in [6.45, 7) is 1.98. The van der Waals surface area contributed by atoms with E-state index in [0.29, 0.717) is 0 Å². The zero-order valence-corrected chi connectivity index (χ0v) is 12.4. The first-order valence-electron chi connectivity index (χ1n) is 6.54. The molecule has 0 aromatic heterocycles. The lowest BCUT2D eigenvalue weighted by Crippen LogP contribution is -2.43. The molecule has 0 radical (unpaired) electrons. The van der Waals surface area contributed by atoms with E-state index in [1.54, 1.807) is 13.0 Å². The predicted octanol–water partition coefficient (Wildman–Crippen LogP) is 1.34. The maximum absolute atomic E-state index is 12.4. The molecule has 8 heteroatoms. The second kappa shape index (κ2) is 5.90. The average Bonchev–Trinajstić information content (AvgIpc) is 2.41. The SMILES string of the molecule is CC1CN(S(=O)(=O)Cc2ccccc2[N+](=O)[O-])CCC1=O. The molecule has 1 heterocycles. The summed E-state index contributed by atoms with van der Waals surface area (Å²) in [6, 6.07) is 5.79. The molecule has 1 atom stereocenters. The van der Waals surface area contributed by atoms with E-state index in [1.807, 2.05) is 0 Å². The number of nitro benzene ring substituents is 1. The quantitative estimate of drug-likeness (QED) is 0.617. The van der Waals surface area contributed by atoms with Crippen LogP contribution in [0.4, 0.5) is 5.69 Å². The molecule has 1 aromatic carbocycles. The van der Waals surface area contributed by atoms with E-state index < -0.39 is 20.7 Å². The van der Waals surface area contributed by atoms with Gasteiger partial charge in [-0.2, -0.15) is 0 Å². The van der Waals surface area contributed by atoms with Crippen LogP contribution in [0.25, 0.3) is 0 Å². The summed E-state index contributed by atoms with van der Waals surface area (Å²) in [5.41, 5.74) is -0.0470. The number of sulfonamides is 1. The van der Waals surface area contributed by atoms with E-state index in [2.05, 4.69) is 0 Å². The minimum atomic E-state index is -3.67. The highest BCUT2D eigenvalue weighted by atomic mass is 32.2. The molecule has 7 nitrogen and oxygen atoms in total. The minimum Gasteiger partial charge on any atom is -0.299 e. The van der Waals surface area contributed by atoms with Gasteiger partial charge < -0.3 is 0 Å². The first-order valence-corrected chi connectivity index (χ1v) is 8.15. The van der Waals surface area contributed by atoms with Crippen LogP contribution in [0.3, 0.4) is 0 Å². The molecule has 1 aromatic rings. The van der Waals surface area contributed by atoms with Crippen molar-refractivity contribution in [2.75, 3.05) is 13.1 Å². The van der Waals surface area contributed by atoms with Crippen molar-refractivity contribution in [3.8, 4) is 0 Å². The van der Waals surface area contributed by atoms with Gasteiger partial charge in [0, 0.05) is 37.1 Å². The number of nitro groups is 1. The Balaban J connectivity index is 2.22. The fourth-order valence-electron chi connectivity index (χ4n) is 2.33. The number of Topliss-reactive ketones (excluding diaryl/α,β-unsaturated/α-hetero) is 1. The second-order valence-electron chi connectivity index (χ2n) is 5.12. The molecule has 0 amide bonds. The first kappa shape index (κ1) is 15.6. The smallest absolute Gasteiger partial charge is 0.273 e. The predicted molar refractivity (Wildman–Crippen MR) is 76.1 cm³/mol. The van der Waals surface area contributed by atoms with E-state index in [4.69, 9.17) is 0 Å². The summed E-state index contributed by atoms with van der Waals surface area (Å²) in [5, 5.41) is 10.9. The van der Waals surface area contributed by atoms with Gasteiger partial charge in [-0.25, -0.2) is 12.7 Å². The Labute approximate surface area is 122 Å². The van der Waals surface area contributed by atoms with Gasteiger partial charge in [0.2, 0.25) is 10.0 Å². The molecule has 2 rings (SSSR count). The van der Waals surface area contributed by atoms with Crippen LogP contribution in [-0.4, -0.2) is 36.5 Å². The van der Waals surface area contributed by atoms with Crippen molar-refractivity contribution in [1.29, 1.82) is 0 Å². The number of nitrogens with zero attached hydrogens (tertiary/aromatic N) is 2. The van der Waals surface area contributed by atoms with Crippen molar-refractivity contribution >= 4 is 21.5 Å². The van der Waals surface area contributed by atoms with Crippen LogP contribution in [0.5, 0.6) is 0 Å². The number of piperidine rings is 1. The Morgan fingerprint density at radius 1 is 1.38 bits per heavy atom. The van der Waals surface area contributed by atoms with Crippen molar-refractivity contribution < 1.29 is 18.1 Å². The highest BCUT2D eigenvalue weighted by Gasteiger charge is 2.32. The van der Waals surface area contributed by atoms with Crippen molar-refractivity contribution in [2.24, 2.45) is 5.92 Å². The van der Waals surface area contributed by atoms with Crippen molar-refractivity contribution in [3.63, 3.8) is 0 Å². The molecule has 0 spiro atoms. The highest BCUT2D eigenvalue weighted by molar-refractivity contribution is 7.88. The maximum atomic E-state index is 12.4. The zero-order valence-electron chi connectivity index (χ0n) is 11.6. The summed E-state index contributed by atoms with van der Waals surface area (Å²) in [4.78, 5) is 21.8. The Hall–Kier alpha value is -1.80. The van der Waals surface area contributed by atoms with E-state index >= 15 is 0 Å². The summed E-state index contributed by atoms with van der Waals surface area (Å²) in [6.07, 6.45) is 0.192. The molecule has 0 saturated carbocycles. The monoisotopic (exact) mass is 312 g/mol. The molecule has 1 aliphatic heterocycles. The number of ketones is 1. The number of benzene rings is 1. The lowest BCUT2D eigenvalue weighted by Gasteiger charge is -2.29. The summed E-state index contributed by atoms with van der Waals surface area (Å²) >= 11 is 0. The third-order valence-corrected chi connectivity index (χ3v) is 5.35. The molecule has 21 heavy (non-hydrogen) atoms. The minimum absolute atomic E-state index is 0.0483. The molecule has 114 valence electrons. The fraction of sp³-hybridized carbons (Fsp3) is 0.462. The third kappa shape index (κ3) is 3.45. The van der Waals surface area contributed by atoms with Crippen LogP contribution in [-0.2, 0) is 20.6 Å². The maximum Gasteiger partial charge on any atom is 0.273 e. The van der Waals surface area contributed by atoms with Crippen LogP contribution >= 0.6 is 0 Å². The number of para-hydroxylation sites is 1. The van der Waals surface area contributed by atoms with Crippen LogP contribution < -0.4 is 0 Å². The number of hydrogen-bond acceptors (Lipinski definition) is 5. The third-order valence-electron chi connectivity index (χ3n) is 3.55. The van der Waals surface area contributed by atoms with Gasteiger partial charge >= 0.3 is 0 Å². The van der Waals surface area contributed by atoms with Crippen molar-refractivity contribution in [2.45, 2.75) is 19.1 Å². The van der Waals surface area contributed by atoms with Gasteiger partial charge in [0.25, 0.3) is 5.69 Å². The Kier molecular flexibility index (Phi) is 4.38. The molecular weight excluding hydrogens is 296 g/mol. The summed E-state index contributed by atoms with van der Waals surface area (Å²) in [5.74, 6) is -0.711. The van der Waals surface area contributed by atoms with Crippen LogP contribution in [0.2, 0.25) is 0 Å².